The summed E-state index contributed by atoms with van der Waals surface area (Å²) in [6, 6.07) is 7.88. The quantitative estimate of drug-likeness (QED) is 0.715. The number of carbonyl (C=O) groups excluding carboxylic acids is 1. The van der Waals surface area contributed by atoms with E-state index in [9.17, 15) is 4.79 Å². The fourth-order valence-electron chi connectivity index (χ4n) is 2.90. The van der Waals surface area contributed by atoms with Crippen LogP contribution < -0.4 is 5.32 Å². The molecule has 1 atom stereocenters. The first kappa shape index (κ1) is 19.2. The first-order valence-corrected chi connectivity index (χ1v) is 9.25. The van der Waals surface area contributed by atoms with Crippen LogP contribution in [0.3, 0.4) is 0 Å². The highest BCUT2D eigenvalue weighted by Crippen LogP contribution is 2.23. The van der Waals surface area contributed by atoms with Crippen LogP contribution in [0.25, 0.3) is 0 Å². The molecule has 0 saturated heterocycles. The van der Waals surface area contributed by atoms with Gasteiger partial charge in [-0.05, 0) is 40.2 Å². The minimum Gasteiger partial charge on any atom is -0.321 e. The third-order valence-corrected chi connectivity index (χ3v) is 5.09. The smallest absolute Gasteiger partial charge is 0.249 e. The van der Waals surface area contributed by atoms with Gasteiger partial charge in [0, 0.05) is 6.20 Å². The first-order valence-electron chi connectivity index (χ1n) is 8.88. The molecule has 0 aliphatic heterocycles. The molecule has 1 amide bonds. The van der Waals surface area contributed by atoms with Gasteiger partial charge in [-0.15, -0.1) is 0 Å². The number of halogens is 1. The zero-order valence-corrected chi connectivity index (χ0v) is 17.0. The molecule has 2 heterocycles. The van der Waals surface area contributed by atoms with Crippen molar-refractivity contribution in [3.8, 4) is 0 Å². The molecular formula is C20H24ClN5O. The van der Waals surface area contributed by atoms with Crippen molar-refractivity contribution in [3.63, 3.8) is 0 Å². The highest BCUT2D eigenvalue weighted by molar-refractivity contribution is 6.31. The molecule has 1 aromatic carbocycles. The SMILES string of the molecule is Cc1ccc(Cn2nc(C)c(NC(=O)C(C)n3cc(Cl)c(C)n3)c2C)cc1. The molecule has 27 heavy (non-hydrogen) atoms. The van der Waals surface area contributed by atoms with Gasteiger partial charge >= 0.3 is 0 Å². The summed E-state index contributed by atoms with van der Waals surface area (Å²) < 4.78 is 3.49. The van der Waals surface area contributed by atoms with Gasteiger partial charge in [0.15, 0.2) is 0 Å². The van der Waals surface area contributed by atoms with E-state index in [1.807, 2.05) is 25.5 Å². The fourth-order valence-corrected chi connectivity index (χ4v) is 3.04. The molecule has 7 heteroatoms. The largest absolute Gasteiger partial charge is 0.321 e. The molecule has 1 N–H and O–H groups in total. The predicted molar refractivity (Wildman–Crippen MR) is 107 cm³/mol. The Hall–Kier alpha value is -2.60. The van der Waals surface area contributed by atoms with Crippen molar-refractivity contribution in [3.05, 3.63) is 63.7 Å². The van der Waals surface area contributed by atoms with Crippen LogP contribution in [0, 0.1) is 27.7 Å². The van der Waals surface area contributed by atoms with E-state index >= 15 is 0 Å². The second-order valence-electron chi connectivity index (χ2n) is 6.90. The Balaban J connectivity index is 1.77. The van der Waals surface area contributed by atoms with E-state index in [1.165, 1.54) is 11.1 Å². The minimum absolute atomic E-state index is 0.157. The summed E-state index contributed by atoms with van der Waals surface area (Å²) in [6.07, 6.45) is 1.67. The number of aromatic nitrogens is 4. The third kappa shape index (κ3) is 4.06. The maximum absolute atomic E-state index is 12.7. The van der Waals surface area contributed by atoms with Gasteiger partial charge in [-0.3, -0.25) is 14.2 Å². The Bertz CT molecular complexity index is 952. The summed E-state index contributed by atoms with van der Waals surface area (Å²) in [5.41, 5.74) is 5.55. The highest BCUT2D eigenvalue weighted by atomic mass is 35.5. The van der Waals surface area contributed by atoms with Crippen LogP contribution in [0.4, 0.5) is 5.69 Å². The van der Waals surface area contributed by atoms with Crippen molar-refractivity contribution in [2.24, 2.45) is 0 Å². The van der Waals surface area contributed by atoms with Crippen molar-refractivity contribution in [1.82, 2.24) is 19.6 Å². The number of hydrogen-bond acceptors (Lipinski definition) is 3. The minimum atomic E-state index is -0.476. The highest BCUT2D eigenvalue weighted by Gasteiger charge is 2.21. The molecule has 1 unspecified atom stereocenters. The van der Waals surface area contributed by atoms with Crippen molar-refractivity contribution in [2.75, 3.05) is 5.32 Å². The molecule has 3 aromatic rings. The summed E-state index contributed by atoms with van der Waals surface area (Å²) in [7, 11) is 0. The maximum Gasteiger partial charge on any atom is 0.249 e. The van der Waals surface area contributed by atoms with Gasteiger partial charge in [0.2, 0.25) is 5.91 Å². The van der Waals surface area contributed by atoms with Crippen LogP contribution in [-0.4, -0.2) is 25.5 Å². The second-order valence-corrected chi connectivity index (χ2v) is 7.30. The number of amides is 1. The third-order valence-electron chi connectivity index (χ3n) is 4.72. The number of nitrogens with one attached hydrogen (secondary N) is 1. The van der Waals surface area contributed by atoms with E-state index in [0.29, 0.717) is 17.3 Å². The average molecular weight is 386 g/mol. The number of rotatable bonds is 5. The molecular weight excluding hydrogens is 362 g/mol. The maximum atomic E-state index is 12.7. The summed E-state index contributed by atoms with van der Waals surface area (Å²) in [4.78, 5) is 12.7. The van der Waals surface area contributed by atoms with Crippen molar-refractivity contribution in [1.29, 1.82) is 0 Å². The van der Waals surface area contributed by atoms with Gasteiger partial charge in [0.25, 0.3) is 0 Å². The lowest BCUT2D eigenvalue weighted by Gasteiger charge is -2.13. The van der Waals surface area contributed by atoms with Crippen molar-refractivity contribution in [2.45, 2.75) is 47.2 Å². The topological polar surface area (TPSA) is 64.7 Å². The number of benzene rings is 1. The van der Waals surface area contributed by atoms with E-state index in [1.54, 1.807) is 17.8 Å². The predicted octanol–water partition coefficient (Wildman–Crippen LogP) is 4.21. The Morgan fingerprint density at radius 3 is 2.37 bits per heavy atom. The molecule has 6 nitrogen and oxygen atoms in total. The summed E-state index contributed by atoms with van der Waals surface area (Å²) in [6.45, 7) is 10.2. The summed E-state index contributed by atoms with van der Waals surface area (Å²) in [5, 5.41) is 12.4. The molecule has 3 rings (SSSR count). The van der Waals surface area contributed by atoms with E-state index in [-0.39, 0.29) is 5.91 Å². The number of anilines is 1. The average Bonchev–Trinajstić information content (AvgIpc) is 3.10. The van der Waals surface area contributed by atoms with Crippen molar-refractivity contribution < 1.29 is 4.79 Å². The van der Waals surface area contributed by atoms with Gasteiger partial charge < -0.3 is 5.32 Å². The lowest BCUT2D eigenvalue weighted by molar-refractivity contribution is -0.119. The van der Waals surface area contributed by atoms with Crippen LogP contribution in [-0.2, 0) is 11.3 Å². The number of aryl methyl sites for hydroxylation is 3. The second kappa shape index (κ2) is 7.56. The first-order chi connectivity index (χ1) is 12.8. The van der Waals surface area contributed by atoms with Gasteiger partial charge in [-0.25, -0.2) is 0 Å². The van der Waals surface area contributed by atoms with E-state index in [4.69, 9.17) is 11.6 Å². The van der Waals surface area contributed by atoms with Crippen LogP contribution >= 0.6 is 11.6 Å². The van der Waals surface area contributed by atoms with E-state index in [2.05, 4.69) is 46.7 Å². The lowest BCUT2D eigenvalue weighted by atomic mass is 10.1. The normalized spacial score (nSPS) is 12.2. The van der Waals surface area contributed by atoms with E-state index in [0.717, 1.165) is 17.1 Å². The lowest BCUT2D eigenvalue weighted by Crippen LogP contribution is -2.24. The summed E-state index contributed by atoms with van der Waals surface area (Å²) in [5.74, 6) is -0.157. The monoisotopic (exact) mass is 385 g/mol. The molecule has 0 radical (unpaired) electrons. The van der Waals surface area contributed by atoms with Crippen molar-refractivity contribution >= 4 is 23.2 Å². The van der Waals surface area contributed by atoms with Crippen LogP contribution in [0.1, 0.15) is 41.2 Å². The Kier molecular flexibility index (Phi) is 5.37. The molecule has 0 saturated carbocycles. The van der Waals surface area contributed by atoms with Crippen LogP contribution in [0.2, 0.25) is 5.02 Å². The van der Waals surface area contributed by atoms with Crippen LogP contribution in [0.5, 0.6) is 0 Å². The van der Waals surface area contributed by atoms with Gasteiger partial charge in [-0.1, -0.05) is 41.4 Å². The molecule has 2 aromatic heterocycles. The molecule has 0 fully saturated rings. The van der Waals surface area contributed by atoms with Gasteiger partial charge in [0.05, 0.1) is 34.3 Å². The molecule has 0 aliphatic carbocycles. The van der Waals surface area contributed by atoms with Crippen LogP contribution in [0.15, 0.2) is 30.5 Å². The molecule has 0 bridgehead atoms. The zero-order chi connectivity index (χ0) is 19.7. The summed E-state index contributed by atoms with van der Waals surface area (Å²) >= 11 is 6.05. The Labute approximate surface area is 164 Å². The zero-order valence-electron chi connectivity index (χ0n) is 16.2. The van der Waals surface area contributed by atoms with Gasteiger partial charge in [0.1, 0.15) is 6.04 Å². The molecule has 0 spiro atoms. The fraction of sp³-hybridized carbons (Fsp3) is 0.350. The molecule has 0 aliphatic rings. The number of carbonyl (C=O) groups is 1. The number of nitrogens with zero attached hydrogens (tertiary/aromatic N) is 4. The Morgan fingerprint density at radius 1 is 1.11 bits per heavy atom. The Morgan fingerprint density at radius 2 is 1.78 bits per heavy atom. The number of hydrogen-bond donors (Lipinski definition) is 1. The van der Waals surface area contributed by atoms with E-state index < -0.39 is 6.04 Å². The molecule has 142 valence electrons. The van der Waals surface area contributed by atoms with Gasteiger partial charge in [-0.2, -0.15) is 10.2 Å². The standard InChI is InChI=1S/C20H24ClN5O/c1-12-6-8-17(9-7-12)10-25-15(4)19(14(3)24-25)22-20(27)16(5)26-11-18(21)13(2)23-26/h6-9,11,16H,10H2,1-5H3,(H,22,27).